The molecule has 1 nitrogen and oxygen atoms in total. The van der Waals surface area contributed by atoms with Crippen molar-refractivity contribution in [3.05, 3.63) is 40.8 Å². The SMILES string of the molecule is CCc1csc(-c2cc(O)cc(C(F)(F)F)c2)c1. The second-order valence-electron chi connectivity index (χ2n) is 3.94. The lowest BCUT2D eigenvalue weighted by molar-refractivity contribution is -0.137. The topological polar surface area (TPSA) is 20.2 Å². The molecule has 5 heteroatoms. The molecule has 0 aliphatic carbocycles. The van der Waals surface area contributed by atoms with Crippen molar-refractivity contribution in [2.24, 2.45) is 0 Å². The van der Waals surface area contributed by atoms with Crippen LogP contribution in [0.2, 0.25) is 0 Å². The summed E-state index contributed by atoms with van der Waals surface area (Å²) in [7, 11) is 0. The lowest BCUT2D eigenvalue weighted by atomic mass is 10.1. The molecule has 0 saturated carbocycles. The maximum atomic E-state index is 12.6. The lowest BCUT2D eigenvalue weighted by Gasteiger charge is -2.09. The van der Waals surface area contributed by atoms with Crippen LogP contribution in [0, 0.1) is 0 Å². The summed E-state index contributed by atoms with van der Waals surface area (Å²) >= 11 is 1.38. The van der Waals surface area contributed by atoms with Crippen molar-refractivity contribution in [1.29, 1.82) is 0 Å². The Bertz CT molecular complexity index is 558. The molecule has 0 unspecified atom stereocenters. The first-order chi connectivity index (χ1) is 8.40. The molecule has 0 saturated heterocycles. The molecule has 0 aliphatic rings. The summed E-state index contributed by atoms with van der Waals surface area (Å²) in [4.78, 5) is 0.730. The van der Waals surface area contributed by atoms with E-state index in [1.807, 2.05) is 18.4 Å². The molecule has 18 heavy (non-hydrogen) atoms. The van der Waals surface area contributed by atoms with Crippen LogP contribution in [0.25, 0.3) is 10.4 Å². The van der Waals surface area contributed by atoms with E-state index in [2.05, 4.69) is 0 Å². The number of benzene rings is 1. The predicted octanol–water partition coefficient (Wildman–Crippen LogP) is 4.70. The molecule has 1 aromatic heterocycles. The first kappa shape index (κ1) is 13.0. The zero-order chi connectivity index (χ0) is 13.3. The van der Waals surface area contributed by atoms with Crippen LogP contribution >= 0.6 is 11.3 Å². The van der Waals surface area contributed by atoms with Gasteiger partial charge in [-0.3, -0.25) is 0 Å². The highest BCUT2D eigenvalue weighted by molar-refractivity contribution is 7.13. The number of aryl methyl sites for hydroxylation is 1. The van der Waals surface area contributed by atoms with E-state index in [0.29, 0.717) is 5.56 Å². The van der Waals surface area contributed by atoms with Gasteiger partial charge in [0.25, 0.3) is 0 Å². The number of phenolic OH excluding ortho intramolecular Hbond substituents is 1. The molecule has 0 atom stereocenters. The Morgan fingerprint density at radius 2 is 1.89 bits per heavy atom. The molecule has 1 N–H and O–H groups in total. The fourth-order valence-electron chi connectivity index (χ4n) is 1.63. The molecule has 1 heterocycles. The molecule has 0 radical (unpaired) electrons. The van der Waals surface area contributed by atoms with Crippen LogP contribution in [0.4, 0.5) is 13.2 Å². The number of thiophene rings is 1. The fourth-order valence-corrected chi connectivity index (χ4v) is 2.62. The average molecular weight is 272 g/mol. The van der Waals surface area contributed by atoms with Crippen molar-refractivity contribution >= 4 is 11.3 Å². The van der Waals surface area contributed by atoms with Gasteiger partial charge >= 0.3 is 6.18 Å². The summed E-state index contributed by atoms with van der Waals surface area (Å²) in [5.74, 6) is -0.369. The normalized spacial score (nSPS) is 11.8. The van der Waals surface area contributed by atoms with Gasteiger partial charge in [0.05, 0.1) is 5.56 Å². The van der Waals surface area contributed by atoms with Crippen LogP contribution in [0.5, 0.6) is 5.75 Å². The number of aromatic hydroxyl groups is 1. The van der Waals surface area contributed by atoms with Gasteiger partial charge in [0.15, 0.2) is 0 Å². The van der Waals surface area contributed by atoms with Crippen molar-refractivity contribution in [3.8, 4) is 16.2 Å². The number of hydrogen-bond acceptors (Lipinski definition) is 2. The minimum absolute atomic E-state index is 0.369. The smallest absolute Gasteiger partial charge is 0.416 e. The number of halogens is 3. The van der Waals surface area contributed by atoms with Crippen LogP contribution in [0.3, 0.4) is 0 Å². The van der Waals surface area contributed by atoms with Crippen LogP contribution in [-0.2, 0) is 12.6 Å². The summed E-state index contributed by atoms with van der Waals surface area (Å²) in [6.45, 7) is 1.98. The van der Waals surface area contributed by atoms with Crippen molar-refractivity contribution in [3.63, 3.8) is 0 Å². The Labute approximate surface area is 107 Å². The Kier molecular flexibility index (Phi) is 3.34. The van der Waals surface area contributed by atoms with Gasteiger partial charge < -0.3 is 5.11 Å². The van der Waals surface area contributed by atoms with E-state index in [1.165, 1.54) is 17.4 Å². The van der Waals surface area contributed by atoms with E-state index < -0.39 is 11.7 Å². The van der Waals surface area contributed by atoms with E-state index in [-0.39, 0.29) is 5.75 Å². The third-order valence-electron chi connectivity index (χ3n) is 2.59. The van der Waals surface area contributed by atoms with E-state index >= 15 is 0 Å². The number of alkyl halides is 3. The quantitative estimate of drug-likeness (QED) is 0.840. The summed E-state index contributed by atoms with van der Waals surface area (Å²) in [6, 6.07) is 4.99. The molecule has 1 aromatic carbocycles. The molecule has 0 fully saturated rings. The highest BCUT2D eigenvalue weighted by Gasteiger charge is 2.31. The molecular weight excluding hydrogens is 261 g/mol. The minimum atomic E-state index is -4.45. The first-order valence-corrected chi connectivity index (χ1v) is 6.27. The molecule has 0 aliphatic heterocycles. The van der Waals surface area contributed by atoms with Gasteiger partial charge in [-0.05, 0) is 47.2 Å². The van der Waals surface area contributed by atoms with E-state index in [0.717, 1.165) is 29.0 Å². The summed E-state index contributed by atoms with van der Waals surface area (Å²) < 4.78 is 37.9. The van der Waals surface area contributed by atoms with Gasteiger partial charge in [-0.25, -0.2) is 0 Å². The van der Waals surface area contributed by atoms with Crippen molar-refractivity contribution < 1.29 is 18.3 Å². The summed E-state index contributed by atoms with van der Waals surface area (Å²) in [6.07, 6.45) is -3.61. The van der Waals surface area contributed by atoms with Crippen molar-refractivity contribution in [1.82, 2.24) is 0 Å². The highest BCUT2D eigenvalue weighted by Crippen LogP contribution is 2.37. The third kappa shape index (κ3) is 2.67. The Hall–Kier alpha value is -1.49. The number of hydrogen-bond donors (Lipinski definition) is 1. The molecule has 2 aromatic rings. The van der Waals surface area contributed by atoms with Crippen LogP contribution in [0.1, 0.15) is 18.1 Å². The Morgan fingerprint density at radius 1 is 1.17 bits per heavy atom. The van der Waals surface area contributed by atoms with Crippen LogP contribution < -0.4 is 0 Å². The summed E-state index contributed by atoms with van der Waals surface area (Å²) in [5, 5.41) is 11.3. The molecule has 0 bridgehead atoms. The van der Waals surface area contributed by atoms with E-state index in [4.69, 9.17) is 0 Å². The van der Waals surface area contributed by atoms with Gasteiger partial charge in [-0.1, -0.05) is 6.92 Å². The fraction of sp³-hybridized carbons (Fsp3) is 0.231. The average Bonchev–Trinajstić information content (AvgIpc) is 2.75. The third-order valence-corrected chi connectivity index (χ3v) is 3.62. The lowest BCUT2D eigenvalue weighted by Crippen LogP contribution is -2.04. The van der Waals surface area contributed by atoms with Gasteiger partial charge in [0.2, 0.25) is 0 Å². The molecule has 0 spiro atoms. The van der Waals surface area contributed by atoms with E-state index in [9.17, 15) is 18.3 Å². The minimum Gasteiger partial charge on any atom is -0.508 e. The largest absolute Gasteiger partial charge is 0.508 e. The highest BCUT2D eigenvalue weighted by atomic mass is 32.1. The molecule has 0 amide bonds. The van der Waals surface area contributed by atoms with Crippen LogP contribution in [-0.4, -0.2) is 5.11 Å². The zero-order valence-electron chi connectivity index (χ0n) is 9.58. The molecule has 2 rings (SSSR count). The Morgan fingerprint density at radius 3 is 2.44 bits per heavy atom. The second kappa shape index (κ2) is 4.65. The first-order valence-electron chi connectivity index (χ1n) is 5.39. The zero-order valence-corrected chi connectivity index (χ0v) is 10.4. The van der Waals surface area contributed by atoms with Gasteiger partial charge in [-0.2, -0.15) is 13.2 Å². The standard InChI is InChI=1S/C13H11F3OS/c1-2-8-3-12(18-7-8)9-4-10(13(14,15)16)6-11(17)5-9/h3-7,17H,2H2,1H3. The van der Waals surface area contributed by atoms with Crippen LogP contribution in [0.15, 0.2) is 29.6 Å². The predicted molar refractivity (Wildman–Crippen MR) is 65.8 cm³/mol. The molecular formula is C13H11F3OS. The number of rotatable bonds is 2. The second-order valence-corrected chi connectivity index (χ2v) is 4.85. The van der Waals surface area contributed by atoms with E-state index in [1.54, 1.807) is 0 Å². The number of phenols is 1. The van der Waals surface area contributed by atoms with Gasteiger partial charge in [0, 0.05) is 4.88 Å². The Balaban J connectivity index is 2.48. The van der Waals surface area contributed by atoms with Gasteiger partial charge in [-0.15, -0.1) is 11.3 Å². The monoisotopic (exact) mass is 272 g/mol. The summed E-state index contributed by atoms with van der Waals surface area (Å²) in [5.41, 5.74) is 0.642. The van der Waals surface area contributed by atoms with Crippen molar-refractivity contribution in [2.45, 2.75) is 19.5 Å². The molecule has 96 valence electrons. The maximum absolute atomic E-state index is 12.6. The maximum Gasteiger partial charge on any atom is 0.416 e. The van der Waals surface area contributed by atoms with Crippen molar-refractivity contribution in [2.75, 3.05) is 0 Å². The van der Waals surface area contributed by atoms with Gasteiger partial charge in [0.1, 0.15) is 5.75 Å².